The van der Waals surface area contributed by atoms with E-state index in [1.165, 1.54) is 30.6 Å². The van der Waals surface area contributed by atoms with Crippen LogP contribution in [-0.4, -0.2) is 12.1 Å². The second-order valence-corrected chi connectivity index (χ2v) is 6.61. The maximum Gasteiger partial charge on any atom is 0.00965 e. The molecule has 92 valence electrons. The van der Waals surface area contributed by atoms with Gasteiger partial charge in [-0.2, -0.15) is 0 Å². The zero-order valence-corrected chi connectivity index (χ0v) is 11.9. The van der Waals surface area contributed by atoms with Crippen LogP contribution in [0.25, 0.3) is 0 Å². The first-order valence-corrected chi connectivity index (χ1v) is 7.15. The summed E-state index contributed by atoms with van der Waals surface area (Å²) in [5.74, 6) is 0. The lowest BCUT2D eigenvalue weighted by Crippen LogP contribution is -2.36. The molecule has 0 radical (unpaired) electrons. The van der Waals surface area contributed by atoms with E-state index in [-0.39, 0.29) is 5.54 Å². The molecular weight excluding hydrogens is 214 g/mol. The van der Waals surface area contributed by atoms with E-state index in [0.717, 1.165) is 6.54 Å². The molecule has 0 saturated heterocycles. The zero-order valence-electron chi connectivity index (χ0n) is 11.1. The summed E-state index contributed by atoms with van der Waals surface area (Å²) in [5, 5.41) is 3.53. The second-order valence-electron chi connectivity index (χ2n) is 5.36. The lowest BCUT2D eigenvalue weighted by molar-refractivity contribution is 0.419. The largest absolute Gasteiger partial charge is 0.312 e. The molecule has 0 bridgehead atoms. The molecule has 0 aliphatic carbocycles. The van der Waals surface area contributed by atoms with E-state index in [1.807, 2.05) is 11.3 Å². The Balaban J connectivity index is 2.11. The van der Waals surface area contributed by atoms with Gasteiger partial charge in [-0.3, -0.25) is 0 Å². The minimum absolute atomic E-state index is 0.262. The highest BCUT2D eigenvalue weighted by Crippen LogP contribution is 2.18. The summed E-state index contributed by atoms with van der Waals surface area (Å²) in [7, 11) is 0. The van der Waals surface area contributed by atoms with E-state index in [4.69, 9.17) is 0 Å². The van der Waals surface area contributed by atoms with Crippen LogP contribution < -0.4 is 5.32 Å². The van der Waals surface area contributed by atoms with Crippen molar-refractivity contribution in [2.24, 2.45) is 0 Å². The molecule has 1 rings (SSSR count). The Morgan fingerprint density at radius 2 is 1.81 bits per heavy atom. The Bertz CT molecular complexity index is 296. The van der Waals surface area contributed by atoms with E-state index in [0.29, 0.717) is 0 Å². The lowest BCUT2D eigenvalue weighted by Gasteiger charge is -2.20. The van der Waals surface area contributed by atoms with Gasteiger partial charge in [0.15, 0.2) is 0 Å². The monoisotopic (exact) mass is 239 g/mol. The van der Waals surface area contributed by atoms with Crippen molar-refractivity contribution in [1.82, 2.24) is 5.32 Å². The average Bonchev–Trinajstić information content (AvgIpc) is 2.63. The molecule has 1 aromatic rings. The molecule has 0 unspecified atom stereocenters. The van der Waals surface area contributed by atoms with E-state index in [9.17, 15) is 0 Å². The molecule has 1 aromatic heterocycles. The first-order chi connectivity index (χ1) is 7.51. The molecule has 0 aliphatic rings. The summed E-state index contributed by atoms with van der Waals surface area (Å²) in [6.45, 7) is 10.0. The number of aryl methyl sites for hydroxylation is 2. The third-order valence-corrected chi connectivity index (χ3v) is 3.86. The van der Waals surface area contributed by atoms with Gasteiger partial charge in [-0.25, -0.2) is 0 Å². The number of nitrogens with one attached hydrogen (secondary N) is 1. The van der Waals surface area contributed by atoms with E-state index in [1.54, 1.807) is 4.88 Å². The summed E-state index contributed by atoms with van der Waals surface area (Å²) in [6, 6.07) is 4.56. The Morgan fingerprint density at radius 3 is 2.38 bits per heavy atom. The molecule has 16 heavy (non-hydrogen) atoms. The first-order valence-electron chi connectivity index (χ1n) is 6.34. The third kappa shape index (κ3) is 5.66. The predicted octanol–water partition coefficient (Wildman–Crippen LogP) is 4.02. The molecule has 0 aromatic carbocycles. The highest BCUT2D eigenvalue weighted by atomic mass is 32.1. The van der Waals surface area contributed by atoms with Crippen molar-refractivity contribution in [2.75, 3.05) is 6.54 Å². The van der Waals surface area contributed by atoms with Crippen molar-refractivity contribution >= 4 is 11.3 Å². The van der Waals surface area contributed by atoms with Crippen molar-refractivity contribution in [2.45, 2.75) is 58.9 Å². The molecular formula is C14H25NS. The van der Waals surface area contributed by atoms with Crippen LogP contribution in [0.1, 0.15) is 50.3 Å². The number of unbranched alkanes of at least 4 members (excludes halogenated alkanes) is 1. The highest BCUT2D eigenvalue weighted by molar-refractivity contribution is 7.11. The highest BCUT2D eigenvalue weighted by Gasteiger charge is 2.07. The second kappa shape index (κ2) is 6.41. The average molecular weight is 239 g/mol. The number of hydrogen-bond donors (Lipinski definition) is 1. The Kier molecular flexibility index (Phi) is 5.50. The third-order valence-electron chi connectivity index (χ3n) is 2.57. The van der Waals surface area contributed by atoms with E-state index < -0.39 is 0 Å². The van der Waals surface area contributed by atoms with Gasteiger partial charge in [-0.15, -0.1) is 11.3 Å². The van der Waals surface area contributed by atoms with Crippen LogP contribution in [0.4, 0.5) is 0 Å². The van der Waals surface area contributed by atoms with Crippen LogP contribution in [0.3, 0.4) is 0 Å². The van der Waals surface area contributed by atoms with Crippen LogP contribution >= 0.6 is 11.3 Å². The Morgan fingerprint density at radius 1 is 1.12 bits per heavy atom. The molecule has 0 spiro atoms. The van der Waals surface area contributed by atoms with Gasteiger partial charge in [0, 0.05) is 15.3 Å². The van der Waals surface area contributed by atoms with Gasteiger partial charge in [0.25, 0.3) is 0 Å². The van der Waals surface area contributed by atoms with Crippen molar-refractivity contribution < 1.29 is 0 Å². The van der Waals surface area contributed by atoms with Gasteiger partial charge in [-0.05, 0) is 65.1 Å². The van der Waals surface area contributed by atoms with E-state index >= 15 is 0 Å². The predicted molar refractivity (Wildman–Crippen MR) is 74.4 cm³/mol. The SMILES string of the molecule is CCc1ccc(CCCCNC(C)(C)C)s1. The van der Waals surface area contributed by atoms with Gasteiger partial charge in [0.1, 0.15) is 0 Å². The summed E-state index contributed by atoms with van der Waals surface area (Å²) in [6.07, 6.45) is 5.00. The molecule has 1 N–H and O–H groups in total. The standard InChI is InChI=1S/C14H25NS/c1-5-12-9-10-13(16-12)8-6-7-11-15-14(2,3)4/h9-10,15H,5-8,11H2,1-4H3. The van der Waals surface area contributed by atoms with Crippen molar-refractivity contribution in [3.05, 3.63) is 21.9 Å². The number of thiophene rings is 1. The van der Waals surface area contributed by atoms with E-state index in [2.05, 4.69) is 45.1 Å². The lowest BCUT2D eigenvalue weighted by atomic mass is 10.1. The van der Waals surface area contributed by atoms with Crippen LogP contribution in [-0.2, 0) is 12.8 Å². The summed E-state index contributed by atoms with van der Waals surface area (Å²) in [4.78, 5) is 3.07. The maximum absolute atomic E-state index is 3.53. The smallest absolute Gasteiger partial charge is 0.00965 e. The fourth-order valence-electron chi connectivity index (χ4n) is 1.63. The molecule has 2 heteroatoms. The first kappa shape index (κ1) is 13.7. The number of rotatable bonds is 6. The van der Waals surface area contributed by atoms with Crippen LogP contribution in [0, 0.1) is 0 Å². The molecule has 0 amide bonds. The quantitative estimate of drug-likeness (QED) is 0.739. The van der Waals surface area contributed by atoms with Crippen molar-refractivity contribution in [3.8, 4) is 0 Å². The summed E-state index contributed by atoms with van der Waals surface area (Å²) >= 11 is 1.98. The fourth-order valence-corrected chi connectivity index (χ4v) is 2.63. The minimum Gasteiger partial charge on any atom is -0.312 e. The fraction of sp³-hybridized carbons (Fsp3) is 0.714. The topological polar surface area (TPSA) is 12.0 Å². The Hall–Kier alpha value is -0.340. The summed E-state index contributed by atoms with van der Waals surface area (Å²) < 4.78 is 0. The van der Waals surface area contributed by atoms with Crippen LogP contribution in [0.2, 0.25) is 0 Å². The molecule has 1 heterocycles. The van der Waals surface area contributed by atoms with Gasteiger partial charge < -0.3 is 5.32 Å². The normalized spacial score (nSPS) is 12.0. The van der Waals surface area contributed by atoms with Gasteiger partial charge in [-0.1, -0.05) is 6.92 Å². The van der Waals surface area contributed by atoms with Gasteiger partial charge in [0.2, 0.25) is 0 Å². The summed E-state index contributed by atoms with van der Waals surface area (Å²) in [5.41, 5.74) is 0.262. The molecule has 0 fully saturated rings. The molecule has 1 nitrogen and oxygen atoms in total. The maximum atomic E-state index is 3.53. The molecule has 0 atom stereocenters. The number of hydrogen-bond acceptors (Lipinski definition) is 2. The molecule has 0 saturated carbocycles. The molecule has 0 aliphatic heterocycles. The van der Waals surface area contributed by atoms with Gasteiger partial charge >= 0.3 is 0 Å². The zero-order chi connectivity index (χ0) is 12.0. The van der Waals surface area contributed by atoms with Crippen LogP contribution in [0.15, 0.2) is 12.1 Å². The minimum atomic E-state index is 0.262. The van der Waals surface area contributed by atoms with Crippen molar-refractivity contribution in [3.63, 3.8) is 0 Å². The Labute approximate surface area is 104 Å². The van der Waals surface area contributed by atoms with Crippen molar-refractivity contribution in [1.29, 1.82) is 0 Å². The van der Waals surface area contributed by atoms with Crippen LogP contribution in [0.5, 0.6) is 0 Å². The van der Waals surface area contributed by atoms with Gasteiger partial charge in [0.05, 0.1) is 0 Å².